The zero-order chi connectivity index (χ0) is 11.3. The van der Waals surface area contributed by atoms with Crippen LogP contribution in [0, 0.1) is 5.92 Å². The van der Waals surface area contributed by atoms with Crippen LogP contribution in [0.25, 0.3) is 0 Å². The fourth-order valence-corrected chi connectivity index (χ4v) is 1.90. The number of ketones is 1. The van der Waals surface area contributed by atoms with Crippen LogP contribution < -0.4 is 0 Å². The Hall–Kier alpha value is -0.640. The van der Waals surface area contributed by atoms with Crippen molar-refractivity contribution < 1.29 is 9.53 Å². The molecule has 1 aliphatic carbocycles. The van der Waals surface area contributed by atoms with E-state index in [1.54, 1.807) is 4.90 Å². The van der Waals surface area contributed by atoms with E-state index in [0.29, 0.717) is 29.9 Å². The van der Waals surface area contributed by atoms with E-state index in [4.69, 9.17) is 17.0 Å². The maximum Gasteiger partial charge on any atom is 0.258 e. The molecule has 0 aliphatic heterocycles. The second-order valence-corrected chi connectivity index (χ2v) is 4.56. The van der Waals surface area contributed by atoms with Crippen molar-refractivity contribution in [2.75, 3.05) is 20.7 Å². The van der Waals surface area contributed by atoms with E-state index in [1.165, 1.54) is 12.8 Å². The van der Waals surface area contributed by atoms with Gasteiger partial charge in [-0.3, -0.25) is 4.79 Å². The van der Waals surface area contributed by atoms with Gasteiger partial charge < -0.3 is 9.64 Å². The molecule has 0 spiro atoms. The molecule has 0 unspecified atom stereocenters. The van der Waals surface area contributed by atoms with Crippen molar-refractivity contribution in [3.8, 4) is 0 Å². The lowest BCUT2D eigenvalue weighted by Gasteiger charge is -2.14. The van der Waals surface area contributed by atoms with Crippen LogP contribution in [0.2, 0.25) is 0 Å². The summed E-state index contributed by atoms with van der Waals surface area (Å²) in [5, 5.41) is 0.453. The van der Waals surface area contributed by atoms with Crippen molar-refractivity contribution >= 4 is 23.2 Å². The molecular formula is C11H19NO2S. The van der Waals surface area contributed by atoms with E-state index in [-0.39, 0.29) is 0 Å². The second kappa shape index (κ2) is 6.05. The van der Waals surface area contributed by atoms with Gasteiger partial charge in [-0.25, -0.2) is 0 Å². The van der Waals surface area contributed by atoms with Gasteiger partial charge in [-0.05, 0) is 25.1 Å². The summed E-state index contributed by atoms with van der Waals surface area (Å²) in [6.45, 7) is 0.423. The Morgan fingerprint density at radius 3 is 2.53 bits per heavy atom. The van der Waals surface area contributed by atoms with Gasteiger partial charge in [-0.1, -0.05) is 12.8 Å². The predicted molar refractivity (Wildman–Crippen MR) is 63.8 cm³/mol. The summed E-state index contributed by atoms with van der Waals surface area (Å²) < 4.78 is 5.27. The molecule has 0 aromatic carbocycles. The van der Waals surface area contributed by atoms with Crippen LogP contribution in [-0.2, 0) is 9.53 Å². The molecule has 15 heavy (non-hydrogen) atoms. The first kappa shape index (κ1) is 12.4. The molecular weight excluding hydrogens is 210 g/mol. The fraction of sp³-hybridized carbons (Fsp3) is 0.818. The number of hydrogen-bond acceptors (Lipinski definition) is 3. The molecule has 1 fully saturated rings. The molecule has 0 N–H and O–H groups in total. The highest BCUT2D eigenvalue weighted by molar-refractivity contribution is 7.80. The fourth-order valence-electron chi connectivity index (χ4n) is 1.82. The van der Waals surface area contributed by atoms with Crippen molar-refractivity contribution in [2.24, 2.45) is 5.92 Å². The largest absolute Gasteiger partial charge is 0.470 e. The van der Waals surface area contributed by atoms with Crippen LogP contribution in [0.4, 0.5) is 0 Å². The van der Waals surface area contributed by atoms with Crippen LogP contribution in [0.15, 0.2) is 0 Å². The summed E-state index contributed by atoms with van der Waals surface area (Å²) >= 11 is 4.96. The van der Waals surface area contributed by atoms with Gasteiger partial charge in [0.2, 0.25) is 0 Å². The van der Waals surface area contributed by atoms with Crippen LogP contribution in [0.5, 0.6) is 0 Å². The summed E-state index contributed by atoms with van der Waals surface area (Å²) in [5.74, 6) is 0.635. The number of thiocarbonyl (C=S) groups is 1. The number of hydrogen-bond donors (Lipinski definition) is 0. The molecule has 1 rings (SSSR count). The van der Waals surface area contributed by atoms with E-state index < -0.39 is 0 Å². The van der Waals surface area contributed by atoms with Crippen molar-refractivity contribution in [1.29, 1.82) is 0 Å². The van der Waals surface area contributed by atoms with Crippen LogP contribution in [-0.4, -0.2) is 36.6 Å². The maximum atomic E-state index is 11.7. The molecule has 0 radical (unpaired) electrons. The molecule has 0 saturated heterocycles. The van der Waals surface area contributed by atoms with E-state index in [1.807, 2.05) is 14.1 Å². The zero-order valence-corrected chi connectivity index (χ0v) is 10.3. The van der Waals surface area contributed by atoms with Gasteiger partial charge in [0.05, 0.1) is 6.61 Å². The predicted octanol–water partition coefficient (Wildman–Crippen LogP) is 2.00. The normalized spacial score (nSPS) is 16.4. The Balaban J connectivity index is 2.14. The Morgan fingerprint density at radius 2 is 2.00 bits per heavy atom. The summed E-state index contributed by atoms with van der Waals surface area (Å²) in [7, 11) is 3.67. The molecule has 0 bridgehead atoms. The lowest BCUT2D eigenvalue weighted by molar-refractivity contribution is -0.123. The Labute approximate surface area is 96.8 Å². The first-order valence-electron chi connectivity index (χ1n) is 5.48. The van der Waals surface area contributed by atoms with Crippen LogP contribution in [0.3, 0.4) is 0 Å². The number of nitrogens with zero attached hydrogens (tertiary/aromatic N) is 1. The molecule has 86 valence electrons. The number of ether oxygens (including phenoxy) is 1. The van der Waals surface area contributed by atoms with Gasteiger partial charge in [0.15, 0.2) is 0 Å². The molecule has 3 nitrogen and oxygen atoms in total. The first-order valence-corrected chi connectivity index (χ1v) is 5.89. The monoisotopic (exact) mass is 229 g/mol. The van der Waals surface area contributed by atoms with Crippen molar-refractivity contribution in [1.82, 2.24) is 4.90 Å². The lowest BCUT2D eigenvalue weighted by atomic mass is 10.0. The Morgan fingerprint density at radius 1 is 1.40 bits per heavy atom. The SMILES string of the molecule is CN(C)C(=S)OCCC(=O)C1CCCC1. The number of rotatable bonds is 4. The third-order valence-electron chi connectivity index (χ3n) is 2.75. The third-order valence-corrected chi connectivity index (χ3v) is 3.23. The Bertz CT molecular complexity index is 235. The van der Waals surface area contributed by atoms with E-state index in [2.05, 4.69) is 0 Å². The number of Topliss-reactive ketones (excluding diaryl/α,β-unsaturated/α-hetero) is 1. The molecule has 1 aliphatic rings. The van der Waals surface area contributed by atoms with Crippen LogP contribution >= 0.6 is 12.2 Å². The van der Waals surface area contributed by atoms with Crippen molar-refractivity contribution in [3.05, 3.63) is 0 Å². The molecule has 0 heterocycles. The smallest absolute Gasteiger partial charge is 0.258 e. The summed E-state index contributed by atoms with van der Waals surface area (Å²) in [6.07, 6.45) is 5.04. The quantitative estimate of drug-likeness (QED) is 0.690. The molecule has 4 heteroatoms. The minimum Gasteiger partial charge on any atom is -0.470 e. The minimum absolute atomic E-state index is 0.293. The third kappa shape index (κ3) is 4.16. The first-order chi connectivity index (χ1) is 7.11. The molecule has 1 saturated carbocycles. The standard InChI is InChI=1S/C11H19NO2S/c1-12(2)11(15)14-8-7-10(13)9-5-3-4-6-9/h9H,3-8H2,1-2H3. The number of carbonyl (C=O) groups excluding carboxylic acids is 1. The molecule has 0 amide bonds. The van der Waals surface area contributed by atoms with E-state index >= 15 is 0 Å². The summed E-state index contributed by atoms with van der Waals surface area (Å²) in [5.41, 5.74) is 0. The van der Waals surface area contributed by atoms with Gasteiger partial charge >= 0.3 is 0 Å². The lowest BCUT2D eigenvalue weighted by Crippen LogP contribution is -2.24. The highest BCUT2D eigenvalue weighted by atomic mass is 32.1. The van der Waals surface area contributed by atoms with Crippen molar-refractivity contribution in [2.45, 2.75) is 32.1 Å². The maximum absolute atomic E-state index is 11.7. The number of carbonyl (C=O) groups is 1. The minimum atomic E-state index is 0.293. The Kier molecular flexibility index (Phi) is 5.02. The summed E-state index contributed by atoms with van der Waals surface area (Å²) in [6, 6.07) is 0. The van der Waals surface area contributed by atoms with Gasteiger partial charge in [-0.2, -0.15) is 0 Å². The molecule has 0 atom stereocenters. The summed E-state index contributed by atoms with van der Waals surface area (Å²) in [4.78, 5) is 13.4. The van der Waals surface area contributed by atoms with Gasteiger partial charge in [-0.15, -0.1) is 0 Å². The second-order valence-electron chi connectivity index (χ2n) is 4.21. The van der Waals surface area contributed by atoms with Gasteiger partial charge in [0.25, 0.3) is 5.17 Å². The van der Waals surface area contributed by atoms with Crippen LogP contribution in [0.1, 0.15) is 32.1 Å². The average Bonchev–Trinajstić information content (AvgIpc) is 2.70. The van der Waals surface area contributed by atoms with Gasteiger partial charge in [0, 0.05) is 26.4 Å². The topological polar surface area (TPSA) is 29.5 Å². The average molecular weight is 229 g/mol. The van der Waals surface area contributed by atoms with E-state index in [0.717, 1.165) is 12.8 Å². The van der Waals surface area contributed by atoms with E-state index in [9.17, 15) is 4.79 Å². The highest BCUT2D eigenvalue weighted by Gasteiger charge is 2.22. The zero-order valence-electron chi connectivity index (χ0n) is 9.49. The van der Waals surface area contributed by atoms with Crippen molar-refractivity contribution in [3.63, 3.8) is 0 Å². The molecule has 0 aromatic rings. The highest BCUT2D eigenvalue weighted by Crippen LogP contribution is 2.26. The molecule has 0 aromatic heterocycles. The van der Waals surface area contributed by atoms with Gasteiger partial charge in [0.1, 0.15) is 5.78 Å².